The molecule has 3 N–H and O–H groups in total. The predicted molar refractivity (Wildman–Crippen MR) is 82.5 cm³/mol. The van der Waals surface area contributed by atoms with E-state index in [1.807, 2.05) is 29.6 Å². The summed E-state index contributed by atoms with van der Waals surface area (Å²) in [4.78, 5) is 16.2. The molecule has 0 bridgehead atoms. The summed E-state index contributed by atoms with van der Waals surface area (Å²) in [5.41, 5.74) is 8.48. The number of anilines is 2. The van der Waals surface area contributed by atoms with Crippen molar-refractivity contribution in [3.63, 3.8) is 0 Å². The minimum Gasteiger partial charge on any atom is -0.375 e. The van der Waals surface area contributed by atoms with Crippen LogP contribution in [-0.4, -0.2) is 10.9 Å². The molecule has 1 saturated carbocycles. The van der Waals surface area contributed by atoms with Gasteiger partial charge in [-0.1, -0.05) is 26.0 Å². The van der Waals surface area contributed by atoms with Gasteiger partial charge in [0.2, 0.25) is 5.91 Å². The van der Waals surface area contributed by atoms with E-state index in [0.717, 1.165) is 23.4 Å². The Balaban J connectivity index is 1.69. The molecule has 104 valence electrons. The van der Waals surface area contributed by atoms with Gasteiger partial charge in [0.05, 0.1) is 5.69 Å². The van der Waals surface area contributed by atoms with Crippen LogP contribution in [0.25, 0.3) is 11.3 Å². The van der Waals surface area contributed by atoms with Gasteiger partial charge in [0.15, 0.2) is 5.13 Å². The molecule has 3 rings (SSSR count). The molecule has 1 aliphatic rings. The Morgan fingerprint density at radius 3 is 2.55 bits per heavy atom. The molecule has 0 spiro atoms. The standard InChI is InChI=1S/C15H17N3OS/c1-15(2)7-11(15)13(19)17-10-5-3-9(4-6-10)12-8-20-14(16)18-12/h3-6,8,11H,7H2,1-2H3,(H2,16,18)(H,17,19)/t11-/m1/s1. The van der Waals surface area contributed by atoms with Crippen molar-refractivity contribution in [2.45, 2.75) is 20.3 Å². The van der Waals surface area contributed by atoms with E-state index in [2.05, 4.69) is 24.1 Å². The van der Waals surface area contributed by atoms with Crippen LogP contribution in [0.2, 0.25) is 0 Å². The number of amides is 1. The third-order valence-electron chi connectivity index (χ3n) is 3.80. The summed E-state index contributed by atoms with van der Waals surface area (Å²) in [7, 11) is 0. The molecular formula is C15H17N3OS. The van der Waals surface area contributed by atoms with E-state index in [-0.39, 0.29) is 17.2 Å². The number of aromatic nitrogens is 1. The number of nitrogens with zero attached hydrogens (tertiary/aromatic N) is 1. The smallest absolute Gasteiger partial charge is 0.228 e. The van der Waals surface area contributed by atoms with Crippen LogP contribution in [0.5, 0.6) is 0 Å². The molecule has 1 fully saturated rings. The first-order valence-corrected chi connectivity index (χ1v) is 7.46. The van der Waals surface area contributed by atoms with Gasteiger partial charge in [-0.2, -0.15) is 0 Å². The Morgan fingerprint density at radius 1 is 1.40 bits per heavy atom. The van der Waals surface area contributed by atoms with Gasteiger partial charge < -0.3 is 11.1 Å². The molecule has 1 aliphatic carbocycles. The van der Waals surface area contributed by atoms with Crippen LogP contribution in [0.1, 0.15) is 20.3 Å². The van der Waals surface area contributed by atoms with Gasteiger partial charge >= 0.3 is 0 Å². The monoisotopic (exact) mass is 287 g/mol. The SMILES string of the molecule is CC1(C)C[C@@H]1C(=O)Nc1ccc(-c2csc(N)n2)cc1. The maximum Gasteiger partial charge on any atom is 0.228 e. The normalized spacial score (nSPS) is 19.6. The first kappa shape index (κ1) is 13.1. The molecule has 4 nitrogen and oxygen atoms in total. The molecule has 1 amide bonds. The van der Waals surface area contributed by atoms with Crippen LogP contribution in [0.3, 0.4) is 0 Å². The maximum absolute atomic E-state index is 12.0. The molecule has 1 atom stereocenters. The average molecular weight is 287 g/mol. The Kier molecular flexibility index (Phi) is 3.01. The molecule has 0 unspecified atom stereocenters. The number of carbonyl (C=O) groups is 1. The number of hydrogen-bond donors (Lipinski definition) is 2. The summed E-state index contributed by atoms with van der Waals surface area (Å²) < 4.78 is 0. The van der Waals surface area contributed by atoms with E-state index in [4.69, 9.17) is 5.73 Å². The summed E-state index contributed by atoms with van der Waals surface area (Å²) >= 11 is 1.42. The molecule has 0 saturated heterocycles. The fourth-order valence-corrected chi connectivity index (χ4v) is 2.86. The van der Waals surface area contributed by atoms with Crippen LogP contribution in [0.15, 0.2) is 29.6 Å². The van der Waals surface area contributed by atoms with Gasteiger partial charge in [0.1, 0.15) is 0 Å². The van der Waals surface area contributed by atoms with Crippen LogP contribution in [0, 0.1) is 11.3 Å². The van der Waals surface area contributed by atoms with E-state index < -0.39 is 0 Å². The molecular weight excluding hydrogens is 270 g/mol. The fraction of sp³-hybridized carbons (Fsp3) is 0.333. The lowest BCUT2D eigenvalue weighted by atomic mass is 10.1. The second kappa shape index (κ2) is 4.59. The van der Waals surface area contributed by atoms with Gasteiger partial charge in [-0.25, -0.2) is 4.98 Å². The molecule has 0 radical (unpaired) electrons. The first-order chi connectivity index (χ1) is 9.45. The van der Waals surface area contributed by atoms with Gasteiger partial charge in [-0.3, -0.25) is 4.79 Å². The van der Waals surface area contributed by atoms with E-state index >= 15 is 0 Å². The number of carbonyl (C=O) groups excluding carboxylic acids is 1. The zero-order chi connectivity index (χ0) is 14.3. The van der Waals surface area contributed by atoms with Gasteiger partial charge in [0, 0.05) is 22.5 Å². The Hall–Kier alpha value is -1.88. The molecule has 1 heterocycles. The molecule has 5 heteroatoms. The molecule has 0 aliphatic heterocycles. The molecule has 1 aromatic heterocycles. The zero-order valence-corrected chi connectivity index (χ0v) is 12.3. The van der Waals surface area contributed by atoms with Crippen molar-refractivity contribution in [1.29, 1.82) is 0 Å². The molecule has 1 aromatic carbocycles. The van der Waals surface area contributed by atoms with Gasteiger partial charge in [0.25, 0.3) is 0 Å². The van der Waals surface area contributed by atoms with Crippen molar-refractivity contribution < 1.29 is 4.79 Å². The highest BCUT2D eigenvalue weighted by atomic mass is 32.1. The number of hydrogen-bond acceptors (Lipinski definition) is 4. The summed E-state index contributed by atoms with van der Waals surface area (Å²) in [5, 5.41) is 5.45. The Bertz CT molecular complexity index is 645. The third-order valence-corrected chi connectivity index (χ3v) is 4.47. The van der Waals surface area contributed by atoms with Crippen molar-refractivity contribution in [1.82, 2.24) is 4.98 Å². The summed E-state index contributed by atoms with van der Waals surface area (Å²) in [6.45, 7) is 4.24. The lowest BCUT2D eigenvalue weighted by Gasteiger charge is -2.07. The van der Waals surface area contributed by atoms with Gasteiger partial charge in [-0.15, -0.1) is 11.3 Å². The van der Waals surface area contributed by atoms with Crippen molar-refractivity contribution >= 4 is 28.1 Å². The van der Waals surface area contributed by atoms with Crippen LogP contribution < -0.4 is 11.1 Å². The van der Waals surface area contributed by atoms with Crippen molar-refractivity contribution in [3.8, 4) is 11.3 Å². The quantitative estimate of drug-likeness (QED) is 0.909. The highest BCUT2D eigenvalue weighted by Gasteiger charge is 2.50. The minimum atomic E-state index is 0.112. The third kappa shape index (κ3) is 2.54. The minimum absolute atomic E-state index is 0.112. The van der Waals surface area contributed by atoms with Crippen LogP contribution in [0.4, 0.5) is 10.8 Å². The number of thiazole rings is 1. The summed E-state index contributed by atoms with van der Waals surface area (Å²) in [6, 6.07) is 7.70. The number of benzene rings is 1. The molecule has 20 heavy (non-hydrogen) atoms. The van der Waals surface area contributed by atoms with Gasteiger partial charge in [-0.05, 0) is 24.0 Å². The number of nitrogens with two attached hydrogens (primary N) is 1. The second-order valence-electron chi connectivity index (χ2n) is 5.88. The molecule has 2 aromatic rings. The summed E-state index contributed by atoms with van der Waals surface area (Å²) in [6.07, 6.45) is 0.967. The maximum atomic E-state index is 12.0. The lowest BCUT2D eigenvalue weighted by molar-refractivity contribution is -0.117. The van der Waals surface area contributed by atoms with Crippen molar-refractivity contribution in [2.75, 3.05) is 11.1 Å². The Labute approximate surface area is 122 Å². The van der Waals surface area contributed by atoms with Crippen LogP contribution in [-0.2, 0) is 4.79 Å². The lowest BCUT2D eigenvalue weighted by Crippen LogP contribution is -2.16. The Morgan fingerprint density at radius 2 is 2.05 bits per heavy atom. The highest BCUT2D eigenvalue weighted by molar-refractivity contribution is 7.13. The average Bonchev–Trinajstić information content (AvgIpc) is 2.83. The number of nitrogen functional groups attached to an aromatic ring is 1. The fourth-order valence-electron chi connectivity index (χ4n) is 2.29. The largest absolute Gasteiger partial charge is 0.375 e. The van der Waals surface area contributed by atoms with E-state index in [0.29, 0.717) is 5.13 Å². The van der Waals surface area contributed by atoms with E-state index in [1.165, 1.54) is 11.3 Å². The van der Waals surface area contributed by atoms with E-state index in [1.54, 1.807) is 0 Å². The second-order valence-corrected chi connectivity index (χ2v) is 6.77. The number of rotatable bonds is 3. The topological polar surface area (TPSA) is 68.0 Å². The highest BCUT2D eigenvalue weighted by Crippen LogP contribution is 2.51. The zero-order valence-electron chi connectivity index (χ0n) is 11.5. The van der Waals surface area contributed by atoms with Crippen molar-refractivity contribution in [2.24, 2.45) is 11.3 Å². The van der Waals surface area contributed by atoms with Crippen molar-refractivity contribution in [3.05, 3.63) is 29.6 Å². The van der Waals surface area contributed by atoms with E-state index in [9.17, 15) is 4.79 Å². The van der Waals surface area contributed by atoms with Crippen LogP contribution >= 0.6 is 11.3 Å². The predicted octanol–water partition coefficient (Wildman–Crippen LogP) is 3.38. The first-order valence-electron chi connectivity index (χ1n) is 6.58. The number of nitrogens with one attached hydrogen (secondary N) is 1. The summed E-state index contributed by atoms with van der Waals surface area (Å²) in [5.74, 6) is 0.251.